The molecule has 0 aliphatic carbocycles. The summed E-state index contributed by atoms with van der Waals surface area (Å²) >= 11 is 5.95. The van der Waals surface area contributed by atoms with Crippen LogP contribution in [0.25, 0.3) is 10.8 Å². The van der Waals surface area contributed by atoms with Crippen LogP contribution in [0.15, 0.2) is 60.7 Å². The molecule has 0 aliphatic rings. The Morgan fingerprint density at radius 2 is 1.89 bits per heavy atom. The van der Waals surface area contributed by atoms with Gasteiger partial charge in [0, 0.05) is 12.1 Å². The van der Waals surface area contributed by atoms with E-state index in [2.05, 4.69) is 5.32 Å². The lowest BCUT2D eigenvalue weighted by atomic mass is 10.0. The molecule has 7 heteroatoms. The summed E-state index contributed by atoms with van der Waals surface area (Å²) in [6.45, 7) is 1.65. The fourth-order valence-electron chi connectivity index (χ4n) is 2.71. The largest absolute Gasteiger partial charge is 0.482 e. The minimum Gasteiger partial charge on any atom is -0.482 e. The summed E-state index contributed by atoms with van der Waals surface area (Å²) in [5, 5.41) is 15.9. The van der Waals surface area contributed by atoms with Crippen LogP contribution in [0.5, 0.6) is 5.75 Å². The third kappa shape index (κ3) is 4.54. The van der Waals surface area contributed by atoms with Crippen molar-refractivity contribution in [2.24, 2.45) is 0 Å². The van der Waals surface area contributed by atoms with Crippen LogP contribution >= 0.6 is 11.6 Å². The van der Waals surface area contributed by atoms with Crippen molar-refractivity contribution in [3.05, 3.63) is 81.4 Å². The highest BCUT2D eigenvalue weighted by atomic mass is 35.5. The second-order valence-electron chi connectivity index (χ2n) is 6.06. The van der Waals surface area contributed by atoms with Crippen LogP contribution in [0.1, 0.15) is 18.5 Å². The molecule has 27 heavy (non-hydrogen) atoms. The number of nitro groups is 1. The number of carbonyl (C=O) groups excluding carboxylic acids is 1. The maximum atomic E-state index is 12.2. The number of rotatable bonds is 6. The monoisotopic (exact) mass is 384 g/mol. The highest BCUT2D eigenvalue weighted by Crippen LogP contribution is 2.28. The zero-order valence-corrected chi connectivity index (χ0v) is 15.3. The Labute approximate surface area is 160 Å². The van der Waals surface area contributed by atoms with Crippen LogP contribution < -0.4 is 10.1 Å². The lowest BCUT2D eigenvalue weighted by Crippen LogP contribution is -2.31. The molecule has 3 rings (SSSR count). The van der Waals surface area contributed by atoms with E-state index >= 15 is 0 Å². The normalized spacial score (nSPS) is 11.8. The van der Waals surface area contributed by atoms with Gasteiger partial charge in [-0.15, -0.1) is 0 Å². The number of hydrogen-bond donors (Lipinski definition) is 1. The topological polar surface area (TPSA) is 81.5 Å². The fourth-order valence-corrected chi connectivity index (χ4v) is 2.94. The second-order valence-corrected chi connectivity index (χ2v) is 6.46. The van der Waals surface area contributed by atoms with Crippen molar-refractivity contribution in [1.82, 2.24) is 5.32 Å². The van der Waals surface area contributed by atoms with Crippen molar-refractivity contribution in [2.45, 2.75) is 13.0 Å². The Morgan fingerprint density at radius 3 is 2.59 bits per heavy atom. The van der Waals surface area contributed by atoms with Gasteiger partial charge in [0.05, 0.1) is 16.0 Å². The number of amides is 1. The number of fused-ring (bicyclic) bond motifs is 1. The molecular weight excluding hydrogens is 368 g/mol. The van der Waals surface area contributed by atoms with Crippen molar-refractivity contribution in [3.8, 4) is 5.75 Å². The molecule has 1 N–H and O–H groups in total. The molecule has 0 heterocycles. The number of carbonyl (C=O) groups is 1. The third-order valence-electron chi connectivity index (χ3n) is 4.14. The lowest BCUT2D eigenvalue weighted by molar-refractivity contribution is -0.384. The number of benzene rings is 3. The number of nitrogens with one attached hydrogen (secondary N) is 1. The van der Waals surface area contributed by atoms with Crippen LogP contribution in [0.2, 0.25) is 5.02 Å². The van der Waals surface area contributed by atoms with E-state index in [1.54, 1.807) is 0 Å². The average molecular weight is 385 g/mol. The van der Waals surface area contributed by atoms with Crippen molar-refractivity contribution in [1.29, 1.82) is 0 Å². The minimum absolute atomic E-state index is 0.0829. The fraction of sp³-hybridized carbons (Fsp3) is 0.150. The SMILES string of the molecule is CC(NC(=O)COc1ccc([N+](=O)[O-])cc1Cl)c1ccc2ccccc2c1. The summed E-state index contributed by atoms with van der Waals surface area (Å²) in [5.74, 6) is -0.0964. The van der Waals surface area contributed by atoms with Crippen LogP contribution in [-0.4, -0.2) is 17.4 Å². The molecule has 0 aliphatic heterocycles. The first-order chi connectivity index (χ1) is 12.9. The molecule has 0 spiro atoms. The summed E-state index contributed by atoms with van der Waals surface area (Å²) in [4.78, 5) is 22.3. The summed E-state index contributed by atoms with van der Waals surface area (Å²) in [6, 6.07) is 17.7. The maximum Gasteiger partial charge on any atom is 0.271 e. The molecule has 0 saturated carbocycles. The standard InChI is InChI=1S/C20H17ClN2O4/c1-13(15-7-6-14-4-2-3-5-16(14)10-15)22-20(24)12-27-19-9-8-17(23(25)26)11-18(19)21/h2-11,13H,12H2,1H3,(H,22,24). The first kappa shape index (κ1) is 18.7. The van der Waals surface area contributed by atoms with E-state index in [1.165, 1.54) is 18.2 Å². The van der Waals surface area contributed by atoms with Gasteiger partial charge in [-0.1, -0.05) is 48.0 Å². The van der Waals surface area contributed by atoms with Crippen molar-refractivity contribution in [2.75, 3.05) is 6.61 Å². The zero-order chi connectivity index (χ0) is 19.4. The van der Waals surface area contributed by atoms with E-state index in [0.717, 1.165) is 16.3 Å². The quantitative estimate of drug-likeness (QED) is 0.495. The number of non-ortho nitro benzene ring substituents is 1. The van der Waals surface area contributed by atoms with Gasteiger partial charge in [-0.05, 0) is 35.4 Å². The summed E-state index contributed by atoms with van der Waals surface area (Å²) in [6.07, 6.45) is 0. The molecule has 138 valence electrons. The molecule has 1 atom stereocenters. The molecule has 0 bridgehead atoms. The number of hydrogen-bond acceptors (Lipinski definition) is 4. The van der Waals surface area contributed by atoms with Crippen molar-refractivity contribution in [3.63, 3.8) is 0 Å². The molecular formula is C20H17ClN2O4. The lowest BCUT2D eigenvalue weighted by Gasteiger charge is -2.15. The number of ether oxygens (including phenoxy) is 1. The van der Waals surface area contributed by atoms with E-state index in [4.69, 9.17) is 16.3 Å². The molecule has 0 radical (unpaired) electrons. The third-order valence-corrected chi connectivity index (χ3v) is 4.43. The van der Waals surface area contributed by atoms with E-state index in [1.807, 2.05) is 49.4 Å². The highest BCUT2D eigenvalue weighted by Gasteiger charge is 2.14. The second kappa shape index (κ2) is 8.05. The molecule has 0 saturated heterocycles. The summed E-state index contributed by atoms with van der Waals surface area (Å²) < 4.78 is 5.37. The predicted molar refractivity (Wildman–Crippen MR) is 104 cm³/mol. The number of nitrogens with zero attached hydrogens (tertiary/aromatic N) is 1. The molecule has 3 aromatic carbocycles. The Morgan fingerprint density at radius 1 is 1.15 bits per heavy atom. The van der Waals surface area contributed by atoms with Crippen LogP contribution in [0.3, 0.4) is 0 Å². The first-order valence-corrected chi connectivity index (χ1v) is 8.66. The van der Waals surface area contributed by atoms with E-state index in [-0.39, 0.29) is 35.0 Å². The van der Waals surface area contributed by atoms with Crippen LogP contribution in [0.4, 0.5) is 5.69 Å². The van der Waals surface area contributed by atoms with Gasteiger partial charge in [0.1, 0.15) is 5.75 Å². The van der Waals surface area contributed by atoms with Gasteiger partial charge < -0.3 is 10.1 Å². The Hall–Kier alpha value is -3.12. The Kier molecular flexibility index (Phi) is 5.57. The smallest absolute Gasteiger partial charge is 0.271 e. The summed E-state index contributed by atoms with van der Waals surface area (Å²) in [7, 11) is 0. The van der Waals surface area contributed by atoms with Crippen LogP contribution in [0, 0.1) is 10.1 Å². The maximum absolute atomic E-state index is 12.2. The molecule has 3 aromatic rings. The first-order valence-electron chi connectivity index (χ1n) is 8.29. The minimum atomic E-state index is -0.548. The molecule has 1 amide bonds. The van der Waals surface area contributed by atoms with Gasteiger partial charge in [0.15, 0.2) is 6.61 Å². The van der Waals surface area contributed by atoms with Gasteiger partial charge in [0.2, 0.25) is 0 Å². The Balaban J connectivity index is 1.60. The van der Waals surface area contributed by atoms with Gasteiger partial charge in [-0.25, -0.2) is 0 Å². The molecule has 0 fully saturated rings. The predicted octanol–water partition coefficient (Wildman–Crippen LogP) is 4.66. The van der Waals surface area contributed by atoms with Gasteiger partial charge in [-0.3, -0.25) is 14.9 Å². The molecule has 6 nitrogen and oxygen atoms in total. The van der Waals surface area contributed by atoms with E-state index < -0.39 is 4.92 Å². The highest BCUT2D eigenvalue weighted by molar-refractivity contribution is 6.32. The Bertz CT molecular complexity index is 1010. The van der Waals surface area contributed by atoms with E-state index in [9.17, 15) is 14.9 Å². The van der Waals surface area contributed by atoms with E-state index in [0.29, 0.717) is 0 Å². The zero-order valence-electron chi connectivity index (χ0n) is 14.5. The van der Waals surface area contributed by atoms with Gasteiger partial charge in [0.25, 0.3) is 11.6 Å². The molecule has 1 unspecified atom stereocenters. The number of nitro benzene ring substituents is 1. The number of halogens is 1. The molecule has 0 aromatic heterocycles. The summed E-state index contributed by atoms with van der Waals surface area (Å²) in [5.41, 5.74) is 0.845. The van der Waals surface area contributed by atoms with Crippen LogP contribution in [-0.2, 0) is 4.79 Å². The van der Waals surface area contributed by atoms with Crippen molar-refractivity contribution < 1.29 is 14.5 Å². The van der Waals surface area contributed by atoms with Crippen molar-refractivity contribution >= 4 is 34.0 Å². The van der Waals surface area contributed by atoms with Gasteiger partial charge in [-0.2, -0.15) is 0 Å². The van der Waals surface area contributed by atoms with Gasteiger partial charge >= 0.3 is 0 Å². The average Bonchev–Trinajstić information content (AvgIpc) is 2.66.